The molecule has 0 aliphatic carbocycles. The van der Waals surface area contributed by atoms with Gasteiger partial charge in [0.25, 0.3) is 0 Å². The smallest absolute Gasteiger partial charge is 0.0611 e. The number of benzene rings is 1. The van der Waals surface area contributed by atoms with Crippen LogP contribution < -0.4 is 5.32 Å². The van der Waals surface area contributed by atoms with Crippen molar-refractivity contribution in [3.8, 4) is 0 Å². The van der Waals surface area contributed by atoms with Crippen molar-refractivity contribution in [2.24, 2.45) is 0 Å². The van der Waals surface area contributed by atoms with E-state index in [9.17, 15) is 5.11 Å². The maximum atomic E-state index is 9.75. The van der Waals surface area contributed by atoms with E-state index in [2.05, 4.69) is 5.32 Å². The van der Waals surface area contributed by atoms with Gasteiger partial charge in [-0.2, -0.15) is 0 Å². The topological polar surface area (TPSA) is 32.3 Å². The second kappa shape index (κ2) is 3.69. The predicted octanol–water partition coefficient (Wildman–Crippen LogP) is 2.84. The zero-order valence-electron chi connectivity index (χ0n) is 9.05. The van der Waals surface area contributed by atoms with Crippen LogP contribution in [0.5, 0.6) is 0 Å². The second-order valence-electron chi connectivity index (χ2n) is 4.86. The van der Waals surface area contributed by atoms with Crippen molar-refractivity contribution in [3.05, 3.63) is 28.8 Å². The van der Waals surface area contributed by atoms with Crippen LogP contribution in [0.4, 0.5) is 5.69 Å². The molecule has 0 spiro atoms. The summed E-state index contributed by atoms with van der Waals surface area (Å²) in [5.41, 5.74) is 1.77. The summed E-state index contributed by atoms with van der Waals surface area (Å²) < 4.78 is 0. The van der Waals surface area contributed by atoms with Gasteiger partial charge in [0.15, 0.2) is 0 Å². The minimum absolute atomic E-state index is 0.318. The summed E-state index contributed by atoms with van der Waals surface area (Å²) in [4.78, 5) is 0. The molecule has 0 radical (unpaired) electrons. The maximum Gasteiger partial charge on any atom is 0.0611 e. The van der Waals surface area contributed by atoms with E-state index < -0.39 is 5.60 Å². The summed E-state index contributed by atoms with van der Waals surface area (Å²) in [7, 11) is 0. The molecule has 1 aliphatic rings. The van der Waals surface area contributed by atoms with Crippen LogP contribution in [0.2, 0.25) is 5.02 Å². The Kier molecular flexibility index (Phi) is 2.65. The van der Waals surface area contributed by atoms with Crippen molar-refractivity contribution in [1.29, 1.82) is 0 Å². The fraction of sp³-hybridized carbons (Fsp3) is 0.500. The number of halogens is 1. The molecule has 0 bridgehead atoms. The third kappa shape index (κ3) is 2.64. The van der Waals surface area contributed by atoms with Gasteiger partial charge in [-0.05, 0) is 50.5 Å². The van der Waals surface area contributed by atoms with E-state index in [0.717, 1.165) is 23.6 Å². The predicted molar refractivity (Wildman–Crippen MR) is 63.5 cm³/mol. The van der Waals surface area contributed by atoms with Gasteiger partial charge >= 0.3 is 0 Å². The minimum Gasteiger partial charge on any atom is -0.390 e. The highest BCUT2D eigenvalue weighted by Crippen LogP contribution is 2.31. The lowest BCUT2D eigenvalue weighted by atomic mass is 9.97. The first-order chi connectivity index (χ1) is 6.94. The summed E-state index contributed by atoms with van der Waals surface area (Å²) in [6.07, 6.45) is 1.69. The Bertz CT molecular complexity index is 370. The van der Waals surface area contributed by atoms with Crippen molar-refractivity contribution < 1.29 is 5.11 Å². The van der Waals surface area contributed by atoms with E-state index >= 15 is 0 Å². The molecule has 0 amide bonds. The van der Waals surface area contributed by atoms with Gasteiger partial charge < -0.3 is 10.4 Å². The van der Waals surface area contributed by atoms with E-state index in [-0.39, 0.29) is 0 Å². The lowest BCUT2D eigenvalue weighted by molar-refractivity contribution is 0.0663. The first-order valence-electron chi connectivity index (χ1n) is 5.21. The monoisotopic (exact) mass is 225 g/mol. The standard InChI is InChI=1S/C12H16ClNO/c1-12(2,15)7-10-6-8-5-9(13)3-4-11(8)14-10/h3-5,10,14-15H,6-7H2,1-2H3. The van der Waals surface area contributed by atoms with Crippen LogP contribution in [0.15, 0.2) is 18.2 Å². The van der Waals surface area contributed by atoms with Crippen LogP contribution in [0.1, 0.15) is 25.8 Å². The molecular formula is C12H16ClNO. The van der Waals surface area contributed by atoms with Crippen molar-refractivity contribution in [1.82, 2.24) is 0 Å². The summed E-state index contributed by atoms with van der Waals surface area (Å²) in [6.45, 7) is 3.68. The van der Waals surface area contributed by atoms with Crippen LogP contribution in [0.3, 0.4) is 0 Å². The molecule has 3 heteroatoms. The average molecular weight is 226 g/mol. The maximum absolute atomic E-state index is 9.75. The van der Waals surface area contributed by atoms with Gasteiger partial charge in [0.1, 0.15) is 0 Å². The highest BCUT2D eigenvalue weighted by Gasteiger charge is 2.26. The first-order valence-corrected chi connectivity index (χ1v) is 5.59. The van der Waals surface area contributed by atoms with Gasteiger partial charge in [-0.3, -0.25) is 0 Å². The van der Waals surface area contributed by atoms with Crippen molar-refractivity contribution in [3.63, 3.8) is 0 Å². The molecule has 0 saturated carbocycles. The van der Waals surface area contributed by atoms with E-state index in [1.165, 1.54) is 5.56 Å². The average Bonchev–Trinajstić information content (AvgIpc) is 2.42. The van der Waals surface area contributed by atoms with Gasteiger partial charge in [-0.1, -0.05) is 11.6 Å². The SMILES string of the molecule is CC(C)(O)CC1Cc2cc(Cl)ccc2N1. The molecule has 0 aromatic heterocycles. The number of nitrogens with one attached hydrogen (secondary N) is 1. The molecule has 0 fully saturated rings. The highest BCUT2D eigenvalue weighted by atomic mass is 35.5. The van der Waals surface area contributed by atoms with Gasteiger partial charge in [-0.25, -0.2) is 0 Å². The summed E-state index contributed by atoms with van der Waals surface area (Å²) in [6, 6.07) is 6.20. The first kappa shape index (κ1) is 10.8. The number of fused-ring (bicyclic) bond motifs is 1. The number of anilines is 1. The summed E-state index contributed by atoms with van der Waals surface area (Å²) >= 11 is 5.93. The van der Waals surface area contributed by atoms with Crippen molar-refractivity contribution in [2.45, 2.75) is 38.3 Å². The molecule has 1 aromatic carbocycles. The Morgan fingerprint density at radius 1 is 1.53 bits per heavy atom. The third-order valence-electron chi connectivity index (χ3n) is 2.64. The number of aliphatic hydroxyl groups is 1. The van der Waals surface area contributed by atoms with E-state index in [0.29, 0.717) is 6.04 Å². The number of hydrogen-bond donors (Lipinski definition) is 2. The third-order valence-corrected chi connectivity index (χ3v) is 2.87. The van der Waals surface area contributed by atoms with E-state index in [4.69, 9.17) is 11.6 Å². The largest absolute Gasteiger partial charge is 0.390 e. The molecule has 1 atom stereocenters. The molecule has 82 valence electrons. The Balaban J connectivity index is 2.09. The Labute approximate surface area is 95.3 Å². The molecule has 15 heavy (non-hydrogen) atoms. The lowest BCUT2D eigenvalue weighted by Gasteiger charge is -2.22. The Hall–Kier alpha value is -0.730. The highest BCUT2D eigenvalue weighted by molar-refractivity contribution is 6.30. The molecule has 2 rings (SSSR count). The number of rotatable bonds is 2. The molecular weight excluding hydrogens is 210 g/mol. The quantitative estimate of drug-likeness (QED) is 0.811. The summed E-state index contributed by atoms with van der Waals surface area (Å²) in [5.74, 6) is 0. The summed E-state index contributed by atoms with van der Waals surface area (Å²) in [5, 5.41) is 13.9. The fourth-order valence-corrected chi connectivity index (χ4v) is 2.33. The minimum atomic E-state index is -0.622. The fourth-order valence-electron chi connectivity index (χ4n) is 2.13. The zero-order valence-corrected chi connectivity index (χ0v) is 9.80. The lowest BCUT2D eigenvalue weighted by Crippen LogP contribution is -2.29. The van der Waals surface area contributed by atoms with Crippen LogP contribution in [-0.2, 0) is 6.42 Å². The van der Waals surface area contributed by atoms with Gasteiger partial charge in [0, 0.05) is 16.8 Å². The van der Waals surface area contributed by atoms with Crippen LogP contribution in [-0.4, -0.2) is 16.7 Å². The zero-order chi connectivity index (χ0) is 11.1. The van der Waals surface area contributed by atoms with Crippen molar-refractivity contribution in [2.75, 3.05) is 5.32 Å². The number of hydrogen-bond acceptors (Lipinski definition) is 2. The molecule has 1 unspecified atom stereocenters. The van der Waals surface area contributed by atoms with E-state index in [1.54, 1.807) is 0 Å². The molecule has 1 heterocycles. The molecule has 2 N–H and O–H groups in total. The van der Waals surface area contributed by atoms with E-state index in [1.807, 2.05) is 32.0 Å². The van der Waals surface area contributed by atoms with Crippen molar-refractivity contribution >= 4 is 17.3 Å². The Morgan fingerprint density at radius 2 is 2.27 bits per heavy atom. The van der Waals surface area contributed by atoms with Gasteiger partial charge in [0.2, 0.25) is 0 Å². The molecule has 0 saturated heterocycles. The van der Waals surface area contributed by atoms with Crippen LogP contribution in [0.25, 0.3) is 0 Å². The molecule has 2 nitrogen and oxygen atoms in total. The van der Waals surface area contributed by atoms with Gasteiger partial charge in [0.05, 0.1) is 5.60 Å². The van der Waals surface area contributed by atoms with Crippen LogP contribution in [0, 0.1) is 0 Å². The molecule has 1 aromatic rings. The normalized spacial score (nSPS) is 19.9. The van der Waals surface area contributed by atoms with Gasteiger partial charge in [-0.15, -0.1) is 0 Å². The second-order valence-corrected chi connectivity index (χ2v) is 5.30. The molecule has 1 aliphatic heterocycles. The van der Waals surface area contributed by atoms with Crippen LogP contribution >= 0.6 is 11.6 Å². The Morgan fingerprint density at radius 3 is 2.93 bits per heavy atom.